The van der Waals surface area contributed by atoms with Crippen LogP contribution in [-0.4, -0.2) is 25.2 Å². The summed E-state index contributed by atoms with van der Waals surface area (Å²) in [6.07, 6.45) is 0. The van der Waals surface area contributed by atoms with Crippen molar-refractivity contribution in [3.05, 3.63) is 93.4 Å². The zero-order valence-electron chi connectivity index (χ0n) is 15.9. The van der Waals surface area contributed by atoms with Gasteiger partial charge in [0.2, 0.25) is 15.9 Å². The van der Waals surface area contributed by atoms with E-state index in [9.17, 15) is 22.0 Å². The van der Waals surface area contributed by atoms with Gasteiger partial charge in [0.05, 0.1) is 17.1 Å². The van der Waals surface area contributed by atoms with Gasteiger partial charge in [0.15, 0.2) is 0 Å². The fourth-order valence-electron chi connectivity index (χ4n) is 2.74. The number of carbonyl (C=O) groups excluding carboxylic acids is 1. The van der Waals surface area contributed by atoms with E-state index in [1.54, 1.807) is 6.07 Å². The molecule has 10 heteroatoms. The maximum absolute atomic E-state index is 14.2. The molecule has 0 heterocycles. The van der Waals surface area contributed by atoms with E-state index in [-0.39, 0.29) is 16.1 Å². The number of anilines is 1. The smallest absolute Gasteiger partial charge is 0.243 e. The summed E-state index contributed by atoms with van der Waals surface area (Å²) in [6, 6.07) is 15.1. The Morgan fingerprint density at radius 1 is 1.00 bits per heavy atom. The molecular formula is C21H16BrClF2N2O3S. The summed E-state index contributed by atoms with van der Waals surface area (Å²) in [4.78, 5) is 12.4. The van der Waals surface area contributed by atoms with Crippen molar-refractivity contribution in [3.63, 3.8) is 0 Å². The molecule has 1 N–H and O–H groups in total. The Bertz CT molecular complexity index is 1210. The molecule has 0 unspecified atom stereocenters. The topological polar surface area (TPSA) is 66.5 Å². The molecule has 0 aromatic heterocycles. The van der Waals surface area contributed by atoms with Gasteiger partial charge in [-0.25, -0.2) is 17.2 Å². The van der Waals surface area contributed by atoms with Gasteiger partial charge in [-0.3, -0.25) is 4.79 Å². The van der Waals surface area contributed by atoms with Crippen molar-refractivity contribution < 1.29 is 22.0 Å². The molecule has 0 bridgehead atoms. The number of sulfonamides is 1. The normalized spacial score (nSPS) is 11.5. The first-order valence-corrected chi connectivity index (χ1v) is 11.5. The number of nitrogens with zero attached hydrogens (tertiary/aromatic N) is 1. The van der Waals surface area contributed by atoms with Gasteiger partial charge in [0, 0.05) is 21.6 Å². The number of halogens is 4. The van der Waals surface area contributed by atoms with Crippen LogP contribution in [-0.2, 0) is 21.4 Å². The fourth-order valence-corrected chi connectivity index (χ4v) is 4.57. The third kappa shape index (κ3) is 5.88. The van der Waals surface area contributed by atoms with Gasteiger partial charge >= 0.3 is 0 Å². The summed E-state index contributed by atoms with van der Waals surface area (Å²) in [5.41, 5.74) is -0.0226. The number of rotatable bonds is 7. The maximum Gasteiger partial charge on any atom is 0.243 e. The second kappa shape index (κ2) is 9.86. The molecular weight excluding hydrogens is 514 g/mol. The lowest BCUT2D eigenvalue weighted by molar-refractivity contribution is -0.116. The van der Waals surface area contributed by atoms with Crippen molar-refractivity contribution >= 4 is 49.1 Å². The van der Waals surface area contributed by atoms with Gasteiger partial charge in [-0.2, -0.15) is 4.31 Å². The molecule has 0 aliphatic heterocycles. The quantitative estimate of drug-likeness (QED) is 0.457. The third-order valence-corrected chi connectivity index (χ3v) is 6.83. The van der Waals surface area contributed by atoms with Gasteiger partial charge in [0.1, 0.15) is 11.6 Å². The summed E-state index contributed by atoms with van der Waals surface area (Å²) >= 11 is 8.95. The summed E-state index contributed by atoms with van der Waals surface area (Å²) in [5.74, 6) is -2.09. The standard InChI is InChI=1S/C21H16BrClF2N2O3S/c22-15-5-10-20(19(25)11-15)26-21(28)13-27(12-14-3-1-2-4-18(14)24)31(29,30)17-8-6-16(23)7-9-17/h1-11H,12-13H2,(H,26,28). The monoisotopic (exact) mass is 528 g/mol. The van der Waals surface area contributed by atoms with E-state index in [2.05, 4.69) is 21.2 Å². The van der Waals surface area contributed by atoms with Crippen molar-refractivity contribution in [2.45, 2.75) is 11.4 Å². The second-order valence-corrected chi connectivity index (χ2v) is 9.78. The fraction of sp³-hybridized carbons (Fsp3) is 0.0952. The zero-order valence-corrected chi connectivity index (χ0v) is 19.0. The van der Waals surface area contributed by atoms with Gasteiger partial charge in [-0.05, 0) is 48.5 Å². The lowest BCUT2D eigenvalue weighted by Gasteiger charge is -2.22. The van der Waals surface area contributed by atoms with Gasteiger partial charge in [-0.15, -0.1) is 0 Å². The van der Waals surface area contributed by atoms with Crippen molar-refractivity contribution in [1.82, 2.24) is 4.31 Å². The predicted octanol–water partition coefficient (Wildman–Crippen LogP) is 5.21. The van der Waals surface area contributed by atoms with Crippen LogP contribution in [0.25, 0.3) is 0 Å². The molecule has 0 spiro atoms. The molecule has 3 aromatic carbocycles. The first kappa shape index (κ1) is 23.3. The number of benzene rings is 3. The van der Waals surface area contributed by atoms with E-state index in [1.807, 2.05) is 0 Å². The Labute approximate surface area is 191 Å². The van der Waals surface area contributed by atoms with Crippen molar-refractivity contribution in [2.24, 2.45) is 0 Å². The summed E-state index contributed by atoms with van der Waals surface area (Å²) in [7, 11) is -4.19. The average Bonchev–Trinajstić information content (AvgIpc) is 2.71. The van der Waals surface area contributed by atoms with Gasteiger partial charge < -0.3 is 5.32 Å². The van der Waals surface area contributed by atoms with Crippen LogP contribution in [0, 0.1) is 11.6 Å². The number of amides is 1. The van der Waals surface area contributed by atoms with Crippen molar-refractivity contribution in [2.75, 3.05) is 11.9 Å². The van der Waals surface area contributed by atoms with Crippen LogP contribution >= 0.6 is 27.5 Å². The largest absolute Gasteiger partial charge is 0.322 e. The molecule has 3 aromatic rings. The summed E-state index contributed by atoms with van der Waals surface area (Å²) < 4.78 is 55.8. The Morgan fingerprint density at radius 2 is 1.68 bits per heavy atom. The Balaban J connectivity index is 1.90. The van der Waals surface area contributed by atoms with Crippen molar-refractivity contribution in [3.8, 4) is 0 Å². The number of hydrogen-bond donors (Lipinski definition) is 1. The molecule has 162 valence electrons. The molecule has 1 amide bonds. The predicted molar refractivity (Wildman–Crippen MR) is 118 cm³/mol. The van der Waals surface area contributed by atoms with E-state index in [4.69, 9.17) is 11.6 Å². The lowest BCUT2D eigenvalue weighted by Crippen LogP contribution is -2.38. The molecule has 0 saturated carbocycles. The minimum absolute atomic E-state index is 0.0858. The van der Waals surface area contributed by atoms with Crippen LogP contribution in [0.2, 0.25) is 5.02 Å². The molecule has 0 fully saturated rings. The van der Waals surface area contributed by atoms with Crippen LogP contribution in [0.3, 0.4) is 0 Å². The minimum Gasteiger partial charge on any atom is -0.322 e. The number of hydrogen-bond acceptors (Lipinski definition) is 3. The van der Waals surface area contributed by atoms with Crippen LogP contribution in [0.4, 0.5) is 14.5 Å². The van der Waals surface area contributed by atoms with E-state index in [0.717, 1.165) is 10.4 Å². The highest BCUT2D eigenvalue weighted by Crippen LogP contribution is 2.23. The highest BCUT2D eigenvalue weighted by molar-refractivity contribution is 9.10. The molecule has 5 nitrogen and oxygen atoms in total. The van der Waals surface area contributed by atoms with E-state index in [1.165, 1.54) is 54.6 Å². The Kier molecular flexibility index (Phi) is 7.42. The third-order valence-electron chi connectivity index (χ3n) is 4.28. The summed E-state index contributed by atoms with van der Waals surface area (Å²) in [6.45, 7) is -1.05. The van der Waals surface area contributed by atoms with Crippen LogP contribution in [0.1, 0.15) is 5.56 Å². The van der Waals surface area contributed by atoms with E-state index in [0.29, 0.717) is 9.50 Å². The van der Waals surface area contributed by atoms with Gasteiger partial charge in [0.25, 0.3) is 0 Å². The SMILES string of the molecule is O=C(CN(Cc1ccccc1F)S(=O)(=O)c1ccc(Cl)cc1)Nc1ccc(Br)cc1F. The average molecular weight is 530 g/mol. The van der Waals surface area contributed by atoms with Crippen LogP contribution in [0.5, 0.6) is 0 Å². The highest BCUT2D eigenvalue weighted by Gasteiger charge is 2.28. The second-order valence-electron chi connectivity index (χ2n) is 6.49. The maximum atomic E-state index is 14.2. The molecule has 0 radical (unpaired) electrons. The minimum atomic E-state index is -4.19. The van der Waals surface area contributed by atoms with Crippen LogP contribution in [0.15, 0.2) is 76.1 Å². The highest BCUT2D eigenvalue weighted by atomic mass is 79.9. The first-order valence-electron chi connectivity index (χ1n) is 8.91. The van der Waals surface area contributed by atoms with Crippen LogP contribution < -0.4 is 5.32 Å². The van der Waals surface area contributed by atoms with Gasteiger partial charge in [-0.1, -0.05) is 45.7 Å². The van der Waals surface area contributed by atoms with E-state index < -0.39 is 40.7 Å². The molecule has 0 aliphatic rings. The number of carbonyl (C=O) groups is 1. The Hall–Kier alpha value is -2.33. The van der Waals surface area contributed by atoms with E-state index >= 15 is 0 Å². The lowest BCUT2D eigenvalue weighted by atomic mass is 10.2. The molecule has 0 atom stereocenters. The Morgan fingerprint density at radius 3 is 2.32 bits per heavy atom. The molecule has 31 heavy (non-hydrogen) atoms. The van der Waals surface area contributed by atoms with Crippen molar-refractivity contribution in [1.29, 1.82) is 0 Å². The molecule has 3 rings (SSSR count). The zero-order chi connectivity index (χ0) is 22.6. The first-order chi connectivity index (χ1) is 14.7. The molecule has 0 aliphatic carbocycles. The molecule has 0 saturated heterocycles. The number of nitrogens with one attached hydrogen (secondary N) is 1. The summed E-state index contributed by atoms with van der Waals surface area (Å²) in [5, 5.41) is 2.68.